The minimum atomic E-state index is -0.0765. The summed E-state index contributed by atoms with van der Waals surface area (Å²) in [6.07, 6.45) is 4.09. The van der Waals surface area contributed by atoms with Crippen LogP contribution >= 0.6 is 11.8 Å². The molecular formula is C17H22O3S. The van der Waals surface area contributed by atoms with Crippen molar-refractivity contribution in [2.24, 2.45) is 5.41 Å². The number of hydrogen-bond acceptors (Lipinski definition) is 4. The molecule has 0 N–H and O–H groups in total. The lowest BCUT2D eigenvalue weighted by molar-refractivity contribution is -0.141. The molecule has 1 unspecified atom stereocenters. The summed E-state index contributed by atoms with van der Waals surface area (Å²) in [7, 11) is 1.47. The van der Waals surface area contributed by atoms with Gasteiger partial charge in [0.05, 0.1) is 26.2 Å². The van der Waals surface area contributed by atoms with Crippen LogP contribution in [-0.4, -0.2) is 31.2 Å². The summed E-state index contributed by atoms with van der Waals surface area (Å²) in [5.74, 6) is 1.93. The maximum absolute atomic E-state index is 11.4. The van der Waals surface area contributed by atoms with Crippen LogP contribution in [0, 0.1) is 5.41 Å². The molecule has 1 atom stereocenters. The first-order chi connectivity index (χ1) is 10.2. The summed E-state index contributed by atoms with van der Waals surface area (Å²) in [6, 6.07) is 8.57. The molecule has 114 valence electrons. The average Bonchev–Trinajstić information content (AvgIpc) is 3.27. The number of hydrogen-bond donors (Lipinski definition) is 0. The van der Waals surface area contributed by atoms with Gasteiger partial charge in [0.2, 0.25) is 0 Å². The Morgan fingerprint density at radius 2 is 2.24 bits per heavy atom. The van der Waals surface area contributed by atoms with Gasteiger partial charge in [-0.15, -0.1) is 0 Å². The summed E-state index contributed by atoms with van der Waals surface area (Å²) >= 11 is 1.91. The summed E-state index contributed by atoms with van der Waals surface area (Å²) in [5, 5.41) is 0. The predicted molar refractivity (Wildman–Crippen MR) is 84.5 cm³/mol. The van der Waals surface area contributed by atoms with Crippen molar-refractivity contribution in [1.29, 1.82) is 0 Å². The molecule has 1 aliphatic carbocycles. The second kappa shape index (κ2) is 6.41. The quantitative estimate of drug-likeness (QED) is 0.755. The van der Waals surface area contributed by atoms with E-state index in [4.69, 9.17) is 9.47 Å². The van der Waals surface area contributed by atoms with E-state index >= 15 is 0 Å². The average molecular weight is 306 g/mol. The first-order valence-electron chi connectivity index (χ1n) is 7.56. The summed E-state index contributed by atoms with van der Waals surface area (Å²) in [6.45, 7) is 0.815. The van der Waals surface area contributed by atoms with E-state index in [0.29, 0.717) is 6.42 Å². The van der Waals surface area contributed by atoms with Gasteiger partial charge in [-0.3, -0.25) is 4.79 Å². The van der Waals surface area contributed by atoms with E-state index in [9.17, 15) is 4.79 Å². The molecule has 1 saturated carbocycles. The van der Waals surface area contributed by atoms with E-state index in [1.54, 1.807) is 0 Å². The molecule has 0 aromatic heterocycles. The Kier molecular flexibility index (Phi) is 4.55. The fourth-order valence-corrected chi connectivity index (χ4v) is 4.36. The molecule has 0 bridgehead atoms. The number of thioether (sulfide) groups is 1. The predicted octanol–water partition coefficient (Wildman–Crippen LogP) is 3.38. The standard InChI is InChI=1S/C17H22O3S/c1-19-16(18)10-17(7-8-17)12-21-11-15-14-5-3-2-4-13(14)6-9-20-15/h2-5,15H,6-12H2,1H3. The third kappa shape index (κ3) is 3.61. The lowest BCUT2D eigenvalue weighted by Crippen LogP contribution is -2.19. The van der Waals surface area contributed by atoms with E-state index in [0.717, 1.165) is 37.4 Å². The molecule has 0 amide bonds. The van der Waals surface area contributed by atoms with E-state index in [1.165, 1.54) is 18.2 Å². The van der Waals surface area contributed by atoms with Crippen molar-refractivity contribution < 1.29 is 14.3 Å². The number of rotatable bonds is 6. The largest absolute Gasteiger partial charge is 0.469 e. The minimum absolute atomic E-state index is 0.0765. The normalized spacial score (nSPS) is 22.4. The van der Waals surface area contributed by atoms with Crippen molar-refractivity contribution in [3.05, 3.63) is 35.4 Å². The van der Waals surface area contributed by atoms with Crippen LogP contribution in [0.3, 0.4) is 0 Å². The van der Waals surface area contributed by atoms with Gasteiger partial charge < -0.3 is 9.47 Å². The van der Waals surface area contributed by atoms with Gasteiger partial charge in [0.25, 0.3) is 0 Å². The van der Waals surface area contributed by atoms with E-state index in [1.807, 2.05) is 11.8 Å². The summed E-state index contributed by atoms with van der Waals surface area (Å²) < 4.78 is 10.7. The van der Waals surface area contributed by atoms with Gasteiger partial charge >= 0.3 is 5.97 Å². The van der Waals surface area contributed by atoms with Crippen LogP contribution < -0.4 is 0 Å². The van der Waals surface area contributed by atoms with Gasteiger partial charge in [-0.2, -0.15) is 11.8 Å². The molecule has 1 aliphatic heterocycles. The molecule has 1 aromatic carbocycles. The molecule has 3 nitrogen and oxygen atoms in total. The topological polar surface area (TPSA) is 35.5 Å². The van der Waals surface area contributed by atoms with E-state index in [-0.39, 0.29) is 17.5 Å². The van der Waals surface area contributed by atoms with Crippen molar-refractivity contribution >= 4 is 17.7 Å². The zero-order valence-corrected chi connectivity index (χ0v) is 13.3. The second-order valence-corrected chi connectivity index (χ2v) is 7.11. The molecule has 2 aliphatic rings. The maximum atomic E-state index is 11.4. The van der Waals surface area contributed by atoms with Gasteiger partial charge in [-0.05, 0) is 41.6 Å². The van der Waals surface area contributed by atoms with Crippen LogP contribution in [0.4, 0.5) is 0 Å². The molecule has 4 heteroatoms. The van der Waals surface area contributed by atoms with Gasteiger partial charge in [0, 0.05) is 5.75 Å². The van der Waals surface area contributed by atoms with Gasteiger partial charge in [0.15, 0.2) is 0 Å². The van der Waals surface area contributed by atoms with Crippen LogP contribution in [0.15, 0.2) is 24.3 Å². The number of fused-ring (bicyclic) bond motifs is 1. The molecule has 1 fully saturated rings. The SMILES string of the molecule is COC(=O)CC1(CSCC2OCCc3ccccc32)CC1. The van der Waals surface area contributed by atoms with Gasteiger partial charge in [-0.25, -0.2) is 0 Å². The van der Waals surface area contributed by atoms with Crippen molar-refractivity contribution in [3.8, 4) is 0 Å². The Morgan fingerprint density at radius 1 is 1.43 bits per heavy atom. The first kappa shape index (κ1) is 14.9. The Balaban J connectivity index is 1.52. The molecule has 1 heterocycles. The summed E-state index contributed by atoms with van der Waals surface area (Å²) in [4.78, 5) is 11.4. The van der Waals surface area contributed by atoms with E-state index in [2.05, 4.69) is 24.3 Å². The van der Waals surface area contributed by atoms with Crippen LogP contribution in [0.25, 0.3) is 0 Å². The number of ether oxygens (including phenoxy) is 2. The number of carbonyl (C=O) groups is 1. The van der Waals surface area contributed by atoms with Crippen molar-refractivity contribution in [1.82, 2.24) is 0 Å². The first-order valence-corrected chi connectivity index (χ1v) is 8.72. The molecule has 3 rings (SSSR count). The number of methoxy groups -OCH3 is 1. The number of carbonyl (C=O) groups excluding carboxylic acids is 1. The van der Waals surface area contributed by atoms with Crippen LogP contribution in [0.2, 0.25) is 0 Å². The Bertz CT molecular complexity index is 511. The summed E-state index contributed by atoms with van der Waals surface area (Å²) in [5.41, 5.74) is 2.96. The molecule has 0 radical (unpaired) electrons. The monoisotopic (exact) mass is 306 g/mol. The third-order valence-corrected chi connectivity index (χ3v) is 5.83. The molecule has 0 spiro atoms. The minimum Gasteiger partial charge on any atom is -0.469 e. The van der Waals surface area contributed by atoms with Crippen LogP contribution in [0.1, 0.15) is 36.5 Å². The Labute approximate surface area is 130 Å². The third-order valence-electron chi connectivity index (χ3n) is 4.47. The smallest absolute Gasteiger partial charge is 0.306 e. The van der Waals surface area contributed by atoms with Crippen molar-refractivity contribution in [3.63, 3.8) is 0 Å². The molecular weight excluding hydrogens is 284 g/mol. The molecule has 1 aromatic rings. The van der Waals surface area contributed by atoms with Crippen molar-refractivity contribution in [2.75, 3.05) is 25.2 Å². The zero-order valence-electron chi connectivity index (χ0n) is 12.5. The zero-order chi connectivity index (χ0) is 14.7. The highest BCUT2D eigenvalue weighted by molar-refractivity contribution is 7.99. The van der Waals surface area contributed by atoms with E-state index < -0.39 is 0 Å². The number of esters is 1. The van der Waals surface area contributed by atoms with Gasteiger partial charge in [-0.1, -0.05) is 24.3 Å². The lowest BCUT2D eigenvalue weighted by Gasteiger charge is -2.26. The van der Waals surface area contributed by atoms with Crippen LogP contribution in [-0.2, 0) is 20.7 Å². The van der Waals surface area contributed by atoms with Gasteiger partial charge in [0.1, 0.15) is 0 Å². The highest BCUT2D eigenvalue weighted by Gasteiger charge is 2.44. The highest BCUT2D eigenvalue weighted by atomic mass is 32.2. The Hall–Kier alpha value is -1.00. The highest BCUT2D eigenvalue weighted by Crippen LogP contribution is 2.51. The lowest BCUT2D eigenvalue weighted by atomic mass is 9.99. The molecule has 21 heavy (non-hydrogen) atoms. The maximum Gasteiger partial charge on any atom is 0.306 e. The van der Waals surface area contributed by atoms with Crippen molar-refractivity contribution in [2.45, 2.75) is 31.8 Å². The fraction of sp³-hybridized carbons (Fsp3) is 0.588. The number of benzene rings is 1. The fourth-order valence-electron chi connectivity index (χ4n) is 2.92. The molecule has 0 saturated heterocycles. The van der Waals surface area contributed by atoms with Crippen LogP contribution in [0.5, 0.6) is 0 Å². The second-order valence-electron chi connectivity index (χ2n) is 6.08. The Morgan fingerprint density at radius 3 is 3.00 bits per heavy atom.